The Morgan fingerprint density at radius 2 is 2.20 bits per heavy atom. The van der Waals surface area contributed by atoms with Crippen molar-refractivity contribution in [1.29, 1.82) is 0 Å². The van der Waals surface area contributed by atoms with Crippen molar-refractivity contribution in [3.8, 4) is 5.69 Å². The van der Waals surface area contributed by atoms with Crippen LogP contribution >= 0.6 is 23.2 Å². The Balaban J connectivity index is 2.22. The Morgan fingerprint density at radius 3 is 2.85 bits per heavy atom. The van der Waals surface area contributed by atoms with Crippen LogP contribution in [-0.2, 0) is 0 Å². The van der Waals surface area contributed by atoms with Gasteiger partial charge in [0, 0.05) is 17.3 Å². The van der Waals surface area contributed by atoms with Crippen LogP contribution in [0.1, 0.15) is 17.4 Å². The first-order valence-corrected chi connectivity index (χ1v) is 6.69. The summed E-state index contributed by atoms with van der Waals surface area (Å²) in [7, 11) is 0. The fourth-order valence-corrected chi connectivity index (χ4v) is 2.08. The Bertz CT molecular complexity index is 628. The van der Waals surface area contributed by atoms with Crippen LogP contribution in [0.4, 0.5) is 0 Å². The average Bonchev–Trinajstić information content (AvgIpc) is 2.88. The molecule has 1 aromatic carbocycles. The van der Waals surface area contributed by atoms with E-state index in [0.717, 1.165) is 0 Å². The van der Waals surface area contributed by atoms with Crippen LogP contribution in [0, 0.1) is 0 Å². The quantitative estimate of drug-likeness (QED) is 0.910. The van der Waals surface area contributed by atoms with Gasteiger partial charge in [0.1, 0.15) is 0 Å². The van der Waals surface area contributed by atoms with Crippen LogP contribution in [0.25, 0.3) is 5.69 Å². The summed E-state index contributed by atoms with van der Waals surface area (Å²) < 4.78 is 1.50. The third-order valence-electron chi connectivity index (χ3n) is 2.63. The van der Waals surface area contributed by atoms with E-state index in [2.05, 4.69) is 10.4 Å². The molecule has 2 aromatic rings. The first kappa shape index (κ1) is 14.8. The second-order valence-corrected chi connectivity index (χ2v) is 5.14. The van der Waals surface area contributed by atoms with Crippen LogP contribution < -0.4 is 5.32 Å². The molecule has 0 saturated carbocycles. The number of hydrogen-bond donors (Lipinski definition) is 2. The maximum atomic E-state index is 11.8. The number of hydrogen-bond acceptors (Lipinski definition) is 3. The summed E-state index contributed by atoms with van der Waals surface area (Å²) in [4.78, 5) is 11.8. The van der Waals surface area contributed by atoms with Gasteiger partial charge in [0.25, 0.3) is 5.91 Å². The highest BCUT2D eigenvalue weighted by molar-refractivity contribution is 6.35. The average molecular weight is 314 g/mol. The van der Waals surface area contributed by atoms with E-state index in [1.54, 1.807) is 37.4 Å². The molecule has 0 saturated heterocycles. The number of aromatic nitrogens is 2. The summed E-state index contributed by atoms with van der Waals surface area (Å²) in [6.07, 6.45) is 1.63. The Kier molecular flexibility index (Phi) is 4.65. The zero-order chi connectivity index (χ0) is 14.7. The van der Waals surface area contributed by atoms with E-state index in [1.165, 1.54) is 4.68 Å². The minimum atomic E-state index is -0.351. The fraction of sp³-hybridized carbons (Fsp3) is 0.231. The van der Waals surface area contributed by atoms with Gasteiger partial charge in [-0.25, -0.2) is 4.68 Å². The molecule has 0 bridgehead atoms. The second kappa shape index (κ2) is 6.26. The minimum absolute atomic E-state index is 0.130. The summed E-state index contributed by atoms with van der Waals surface area (Å²) in [5.74, 6) is -0.351. The van der Waals surface area contributed by atoms with Crippen LogP contribution in [-0.4, -0.2) is 33.4 Å². The van der Waals surface area contributed by atoms with E-state index < -0.39 is 0 Å². The zero-order valence-electron chi connectivity index (χ0n) is 10.7. The molecule has 0 aliphatic carbocycles. The lowest BCUT2D eigenvalue weighted by Gasteiger charge is -2.09. The highest BCUT2D eigenvalue weighted by atomic mass is 35.5. The maximum Gasteiger partial charge on any atom is 0.272 e. The van der Waals surface area contributed by atoms with Crippen molar-refractivity contribution in [2.45, 2.75) is 13.0 Å². The molecule has 1 atom stereocenters. The van der Waals surface area contributed by atoms with Gasteiger partial charge in [-0.05, 0) is 31.2 Å². The molecule has 0 radical (unpaired) electrons. The van der Waals surface area contributed by atoms with Crippen molar-refractivity contribution in [2.75, 3.05) is 6.61 Å². The Labute approximate surface area is 126 Å². The number of amides is 1. The van der Waals surface area contributed by atoms with Crippen molar-refractivity contribution >= 4 is 29.1 Å². The molecule has 5 nitrogen and oxygen atoms in total. The smallest absolute Gasteiger partial charge is 0.272 e. The second-order valence-electron chi connectivity index (χ2n) is 4.30. The van der Waals surface area contributed by atoms with E-state index in [0.29, 0.717) is 15.7 Å². The molecule has 1 aromatic heterocycles. The summed E-state index contributed by atoms with van der Waals surface area (Å²) >= 11 is 11.9. The number of carbonyl (C=O) groups excluding carboxylic acids is 1. The van der Waals surface area contributed by atoms with Gasteiger partial charge in [-0.1, -0.05) is 23.2 Å². The fourth-order valence-electron chi connectivity index (χ4n) is 1.59. The third-order valence-corrected chi connectivity index (χ3v) is 3.17. The van der Waals surface area contributed by atoms with Crippen LogP contribution in [0.2, 0.25) is 10.0 Å². The minimum Gasteiger partial charge on any atom is -0.394 e. The molecular weight excluding hydrogens is 301 g/mol. The standard InChI is InChI=1S/C13H13Cl2N3O2/c1-8(7-19)16-13(20)11-4-5-18(17-11)12-3-2-9(14)6-10(12)15/h2-6,8,19H,7H2,1H3,(H,16,20). The third kappa shape index (κ3) is 3.30. The van der Waals surface area contributed by atoms with E-state index in [-0.39, 0.29) is 24.2 Å². The lowest BCUT2D eigenvalue weighted by molar-refractivity contribution is 0.0917. The topological polar surface area (TPSA) is 67.2 Å². The molecule has 2 N–H and O–H groups in total. The van der Waals surface area contributed by atoms with Gasteiger partial charge in [0.15, 0.2) is 5.69 Å². The molecule has 1 amide bonds. The first-order valence-electron chi connectivity index (χ1n) is 5.94. The normalized spacial score (nSPS) is 12.2. The van der Waals surface area contributed by atoms with Gasteiger partial charge in [-0.3, -0.25) is 4.79 Å². The van der Waals surface area contributed by atoms with Crippen LogP contribution in [0.5, 0.6) is 0 Å². The molecule has 20 heavy (non-hydrogen) atoms. The lowest BCUT2D eigenvalue weighted by Crippen LogP contribution is -2.35. The van der Waals surface area contributed by atoms with Crippen molar-refractivity contribution < 1.29 is 9.90 Å². The highest BCUT2D eigenvalue weighted by Gasteiger charge is 2.13. The number of nitrogens with one attached hydrogen (secondary N) is 1. The monoisotopic (exact) mass is 313 g/mol. The summed E-state index contributed by atoms with van der Waals surface area (Å²) in [6.45, 7) is 1.57. The number of aliphatic hydroxyl groups excluding tert-OH is 1. The number of rotatable bonds is 4. The molecule has 0 spiro atoms. The molecule has 0 aliphatic rings. The zero-order valence-corrected chi connectivity index (χ0v) is 12.2. The van der Waals surface area contributed by atoms with E-state index in [4.69, 9.17) is 28.3 Å². The van der Waals surface area contributed by atoms with Gasteiger partial charge < -0.3 is 10.4 Å². The molecule has 1 unspecified atom stereocenters. The van der Waals surface area contributed by atoms with E-state index in [9.17, 15) is 4.79 Å². The van der Waals surface area contributed by atoms with E-state index >= 15 is 0 Å². The maximum absolute atomic E-state index is 11.8. The number of benzene rings is 1. The number of halogens is 2. The lowest BCUT2D eigenvalue weighted by atomic mass is 10.3. The summed E-state index contributed by atoms with van der Waals surface area (Å²) in [5.41, 5.74) is 0.877. The van der Waals surface area contributed by atoms with Crippen molar-refractivity contribution in [2.24, 2.45) is 0 Å². The van der Waals surface area contributed by atoms with Crippen molar-refractivity contribution in [3.05, 3.63) is 46.2 Å². The van der Waals surface area contributed by atoms with Gasteiger partial charge in [-0.2, -0.15) is 5.10 Å². The van der Waals surface area contributed by atoms with Gasteiger partial charge in [0.05, 0.1) is 17.3 Å². The largest absolute Gasteiger partial charge is 0.394 e. The number of aliphatic hydroxyl groups is 1. The Hall–Kier alpha value is -1.56. The molecule has 2 rings (SSSR count). The molecular formula is C13H13Cl2N3O2. The predicted molar refractivity (Wildman–Crippen MR) is 77.6 cm³/mol. The number of carbonyl (C=O) groups is 1. The van der Waals surface area contributed by atoms with E-state index in [1.807, 2.05) is 0 Å². The molecule has 1 heterocycles. The molecule has 0 aliphatic heterocycles. The SMILES string of the molecule is CC(CO)NC(=O)c1ccn(-c2ccc(Cl)cc2Cl)n1. The molecule has 0 fully saturated rings. The van der Waals surface area contributed by atoms with Gasteiger partial charge in [-0.15, -0.1) is 0 Å². The Morgan fingerprint density at radius 1 is 1.45 bits per heavy atom. The number of nitrogens with zero attached hydrogens (tertiary/aromatic N) is 2. The summed E-state index contributed by atoms with van der Waals surface area (Å²) in [5, 5.41) is 16.6. The first-order chi connectivity index (χ1) is 9.51. The van der Waals surface area contributed by atoms with Crippen molar-refractivity contribution in [3.63, 3.8) is 0 Å². The van der Waals surface area contributed by atoms with Gasteiger partial charge >= 0.3 is 0 Å². The van der Waals surface area contributed by atoms with Crippen LogP contribution in [0.3, 0.4) is 0 Å². The molecule has 7 heteroatoms. The highest BCUT2D eigenvalue weighted by Crippen LogP contribution is 2.23. The van der Waals surface area contributed by atoms with Crippen molar-refractivity contribution in [1.82, 2.24) is 15.1 Å². The van der Waals surface area contributed by atoms with Gasteiger partial charge in [0.2, 0.25) is 0 Å². The summed E-state index contributed by atoms with van der Waals surface area (Å²) in [6, 6.07) is 6.26. The predicted octanol–water partition coefficient (Wildman–Crippen LogP) is 2.29. The van der Waals surface area contributed by atoms with Crippen LogP contribution in [0.15, 0.2) is 30.5 Å². The molecule has 106 valence electrons.